The van der Waals surface area contributed by atoms with Crippen LogP contribution in [0.2, 0.25) is 5.02 Å². The molecule has 6 heteroatoms. The van der Waals surface area contributed by atoms with Crippen LogP contribution in [0.1, 0.15) is 47.2 Å². The van der Waals surface area contributed by atoms with E-state index < -0.39 is 0 Å². The lowest BCUT2D eigenvalue weighted by atomic mass is 9.86. The van der Waals surface area contributed by atoms with Gasteiger partial charge >= 0.3 is 0 Å². The van der Waals surface area contributed by atoms with Crippen LogP contribution in [-0.4, -0.2) is 28.7 Å². The zero-order chi connectivity index (χ0) is 20.4. The van der Waals surface area contributed by atoms with Gasteiger partial charge in [-0.05, 0) is 75.3 Å². The van der Waals surface area contributed by atoms with E-state index in [1.54, 1.807) is 6.07 Å². The zero-order valence-electron chi connectivity index (χ0n) is 16.9. The smallest absolute Gasteiger partial charge is 0.253 e. The molecule has 0 radical (unpaired) electrons. The number of aromatic amines is 1. The molecule has 1 fully saturated rings. The van der Waals surface area contributed by atoms with E-state index in [0.717, 1.165) is 54.5 Å². The molecule has 4 rings (SSSR count). The van der Waals surface area contributed by atoms with E-state index in [1.807, 2.05) is 19.1 Å². The molecule has 0 atom stereocenters. The van der Waals surface area contributed by atoms with Gasteiger partial charge in [0.1, 0.15) is 0 Å². The van der Waals surface area contributed by atoms with Gasteiger partial charge in [0.25, 0.3) is 5.91 Å². The normalized spacial score (nSPS) is 19.3. The summed E-state index contributed by atoms with van der Waals surface area (Å²) in [6, 6.07) is 12.1. The van der Waals surface area contributed by atoms with Crippen LogP contribution in [0.4, 0.5) is 5.82 Å². The van der Waals surface area contributed by atoms with Gasteiger partial charge in [-0.25, -0.2) is 0 Å². The summed E-state index contributed by atoms with van der Waals surface area (Å²) in [5, 5.41) is 15.8. The fraction of sp³-hybridized carbons (Fsp3) is 0.391. The van der Waals surface area contributed by atoms with Crippen LogP contribution in [0.3, 0.4) is 0 Å². The third-order valence-electron chi connectivity index (χ3n) is 5.82. The summed E-state index contributed by atoms with van der Waals surface area (Å²) >= 11 is 6.19. The molecule has 1 aliphatic carbocycles. The van der Waals surface area contributed by atoms with Crippen LogP contribution >= 0.6 is 11.6 Å². The van der Waals surface area contributed by atoms with Crippen molar-refractivity contribution in [2.24, 2.45) is 5.92 Å². The summed E-state index contributed by atoms with van der Waals surface area (Å²) in [5.41, 5.74) is 3.89. The van der Waals surface area contributed by atoms with Crippen molar-refractivity contribution in [3.63, 3.8) is 0 Å². The largest absolute Gasteiger partial charge is 0.368 e. The fourth-order valence-corrected chi connectivity index (χ4v) is 4.30. The standard InChI is InChI=1S/C23H27ClN4O/c1-14-4-10-20(24)19(11-14)23(29)26-17-7-5-16(6-8-17)13-25-22-18-9-3-15(2)12-21(18)27-28-22/h3-4,9-12,16-17H,5-8,13H2,1-2H3,(H,26,29)(H2,25,27,28). The molecule has 0 aliphatic heterocycles. The fourth-order valence-electron chi connectivity index (χ4n) is 4.10. The van der Waals surface area contributed by atoms with Crippen molar-refractivity contribution in [2.45, 2.75) is 45.6 Å². The van der Waals surface area contributed by atoms with Crippen LogP contribution in [0.5, 0.6) is 0 Å². The highest BCUT2D eigenvalue weighted by molar-refractivity contribution is 6.33. The molecule has 152 valence electrons. The Morgan fingerprint density at radius 2 is 1.83 bits per heavy atom. The van der Waals surface area contributed by atoms with Crippen molar-refractivity contribution in [3.8, 4) is 0 Å². The third-order valence-corrected chi connectivity index (χ3v) is 6.15. The zero-order valence-corrected chi connectivity index (χ0v) is 17.6. The first-order chi connectivity index (χ1) is 14.0. The average molecular weight is 411 g/mol. The Balaban J connectivity index is 1.28. The van der Waals surface area contributed by atoms with Gasteiger partial charge < -0.3 is 10.6 Å². The summed E-state index contributed by atoms with van der Waals surface area (Å²) in [5.74, 6) is 1.44. The first-order valence-corrected chi connectivity index (χ1v) is 10.6. The monoisotopic (exact) mass is 410 g/mol. The van der Waals surface area contributed by atoms with Gasteiger partial charge in [-0.3, -0.25) is 9.89 Å². The van der Waals surface area contributed by atoms with E-state index in [-0.39, 0.29) is 11.9 Å². The molecule has 1 heterocycles. The van der Waals surface area contributed by atoms with Crippen molar-refractivity contribution in [3.05, 3.63) is 58.1 Å². The van der Waals surface area contributed by atoms with E-state index in [4.69, 9.17) is 11.6 Å². The number of carbonyl (C=O) groups excluding carboxylic acids is 1. The van der Waals surface area contributed by atoms with E-state index in [2.05, 4.69) is 46.0 Å². The molecular weight excluding hydrogens is 384 g/mol. The highest BCUT2D eigenvalue weighted by Crippen LogP contribution is 2.27. The molecule has 0 saturated heterocycles. The summed E-state index contributed by atoms with van der Waals surface area (Å²) in [6.45, 7) is 4.95. The van der Waals surface area contributed by atoms with Crippen LogP contribution in [0, 0.1) is 19.8 Å². The summed E-state index contributed by atoms with van der Waals surface area (Å²) in [7, 11) is 0. The predicted octanol–water partition coefficient (Wildman–Crippen LogP) is 5.23. The quantitative estimate of drug-likeness (QED) is 0.539. The minimum absolute atomic E-state index is 0.0708. The number of nitrogens with one attached hydrogen (secondary N) is 3. The van der Waals surface area contributed by atoms with Gasteiger partial charge in [0, 0.05) is 18.0 Å². The molecule has 0 unspecified atom stereocenters. The number of amides is 1. The number of hydrogen-bond donors (Lipinski definition) is 3. The van der Waals surface area contributed by atoms with Gasteiger partial charge in [-0.2, -0.15) is 5.10 Å². The minimum atomic E-state index is -0.0708. The second-order valence-corrected chi connectivity index (χ2v) is 8.58. The van der Waals surface area contributed by atoms with E-state index in [9.17, 15) is 4.79 Å². The number of hydrogen-bond acceptors (Lipinski definition) is 3. The maximum atomic E-state index is 12.6. The number of carbonyl (C=O) groups is 1. The topological polar surface area (TPSA) is 69.8 Å². The summed E-state index contributed by atoms with van der Waals surface area (Å²) in [6.07, 6.45) is 4.14. The first kappa shape index (κ1) is 19.8. The molecule has 3 aromatic rings. The maximum absolute atomic E-state index is 12.6. The second kappa shape index (κ2) is 8.46. The van der Waals surface area contributed by atoms with Crippen molar-refractivity contribution in [2.75, 3.05) is 11.9 Å². The molecule has 3 N–H and O–H groups in total. The lowest BCUT2D eigenvalue weighted by molar-refractivity contribution is 0.0923. The molecule has 1 aliphatic rings. The van der Waals surface area contributed by atoms with Gasteiger partial charge in [-0.15, -0.1) is 0 Å². The Kier molecular flexibility index (Phi) is 5.76. The number of benzene rings is 2. The predicted molar refractivity (Wildman–Crippen MR) is 119 cm³/mol. The molecule has 1 aromatic heterocycles. The Labute approximate surface area is 176 Å². The number of anilines is 1. The number of nitrogens with zero attached hydrogens (tertiary/aromatic N) is 1. The maximum Gasteiger partial charge on any atom is 0.253 e. The number of rotatable bonds is 5. The Morgan fingerprint density at radius 3 is 2.62 bits per heavy atom. The average Bonchev–Trinajstić information content (AvgIpc) is 3.11. The number of H-pyrrole nitrogens is 1. The molecule has 29 heavy (non-hydrogen) atoms. The molecule has 0 spiro atoms. The SMILES string of the molecule is Cc1ccc(Cl)c(C(=O)NC2CCC(CNc3n[nH]c4cc(C)ccc34)CC2)c1. The highest BCUT2D eigenvalue weighted by Gasteiger charge is 2.23. The van der Waals surface area contributed by atoms with Crippen molar-refractivity contribution < 1.29 is 4.79 Å². The third kappa shape index (κ3) is 4.56. The van der Waals surface area contributed by atoms with Crippen molar-refractivity contribution >= 4 is 34.2 Å². The number of aromatic nitrogens is 2. The molecule has 1 amide bonds. The van der Waals surface area contributed by atoms with Crippen molar-refractivity contribution in [1.29, 1.82) is 0 Å². The lowest BCUT2D eigenvalue weighted by Crippen LogP contribution is -2.38. The van der Waals surface area contributed by atoms with Gasteiger partial charge in [-0.1, -0.05) is 29.3 Å². The second-order valence-electron chi connectivity index (χ2n) is 8.18. The Morgan fingerprint density at radius 1 is 1.10 bits per heavy atom. The van der Waals surface area contributed by atoms with Crippen LogP contribution in [0.15, 0.2) is 36.4 Å². The highest BCUT2D eigenvalue weighted by atomic mass is 35.5. The van der Waals surface area contributed by atoms with Gasteiger partial charge in [0.05, 0.1) is 16.1 Å². The number of halogens is 1. The first-order valence-electron chi connectivity index (χ1n) is 10.2. The molecule has 2 aromatic carbocycles. The van der Waals surface area contributed by atoms with E-state index in [1.165, 1.54) is 5.56 Å². The molecule has 5 nitrogen and oxygen atoms in total. The molecule has 1 saturated carbocycles. The Bertz CT molecular complexity index is 1020. The number of aryl methyl sites for hydroxylation is 2. The Hall–Kier alpha value is -2.53. The summed E-state index contributed by atoms with van der Waals surface area (Å²) < 4.78 is 0. The van der Waals surface area contributed by atoms with E-state index in [0.29, 0.717) is 16.5 Å². The van der Waals surface area contributed by atoms with Gasteiger partial charge in [0.2, 0.25) is 0 Å². The minimum Gasteiger partial charge on any atom is -0.368 e. The number of fused-ring (bicyclic) bond motifs is 1. The summed E-state index contributed by atoms with van der Waals surface area (Å²) in [4.78, 5) is 12.6. The molecular formula is C23H27ClN4O. The lowest BCUT2D eigenvalue weighted by Gasteiger charge is -2.29. The van der Waals surface area contributed by atoms with Crippen molar-refractivity contribution in [1.82, 2.24) is 15.5 Å². The van der Waals surface area contributed by atoms with E-state index >= 15 is 0 Å². The van der Waals surface area contributed by atoms with Crippen LogP contribution in [-0.2, 0) is 0 Å². The van der Waals surface area contributed by atoms with Crippen LogP contribution < -0.4 is 10.6 Å². The van der Waals surface area contributed by atoms with Crippen LogP contribution in [0.25, 0.3) is 10.9 Å². The molecule has 0 bridgehead atoms. The van der Waals surface area contributed by atoms with Gasteiger partial charge in [0.15, 0.2) is 5.82 Å².